The van der Waals surface area contributed by atoms with Gasteiger partial charge in [-0.2, -0.15) is 4.98 Å². The van der Waals surface area contributed by atoms with Crippen molar-refractivity contribution in [1.29, 1.82) is 0 Å². The Morgan fingerprint density at radius 1 is 1.23 bits per heavy atom. The van der Waals surface area contributed by atoms with Gasteiger partial charge in [0.05, 0.1) is 13.0 Å². The lowest BCUT2D eigenvalue weighted by atomic mass is 10.0. The van der Waals surface area contributed by atoms with Crippen molar-refractivity contribution in [3.05, 3.63) is 40.7 Å². The summed E-state index contributed by atoms with van der Waals surface area (Å²) in [6, 6.07) is 5.51. The van der Waals surface area contributed by atoms with Gasteiger partial charge in [0.15, 0.2) is 0 Å². The molecule has 31 heavy (non-hydrogen) atoms. The zero-order chi connectivity index (χ0) is 21.8. The minimum atomic E-state index is -0.934. The maximum absolute atomic E-state index is 12.6. The van der Waals surface area contributed by atoms with Gasteiger partial charge in [0, 0.05) is 11.4 Å². The third kappa shape index (κ3) is 5.22. The van der Waals surface area contributed by atoms with Gasteiger partial charge in [-0.1, -0.05) is 55.5 Å². The highest BCUT2D eigenvalue weighted by Gasteiger charge is 2.39. The fraction of sp³-hybridized carbons (Fsp3) is 0.476. The van der Waals surface area contributed by atoms with E-state index in [2.05, 4.69) is 25.8 Å². The number of hydrogen-bond acceptors (Lipinski definition) is 5. The molecule has 0 unspecified atom stereocenters. The minimum Gasteiger partial charge on any atom is -0.325 e. The van der Waals surface area contributed by atoms with Crippen molar-refractivity contribution in [3.63, 3.8) is 0 Å². The molecular formula is C21H25ClN6O3. The van der Waals surface area contributed by atoms with E-state index < -0.39 is 23.9 Å². The number of nitrogens with one attached hydrogen (secondary N) is 3. The van der Waals surface area contributed by atoms with Gasteiger partial charge in [-0.15, -0.1) is 5.10 Å². The molecule has 0 radical (unpaired) electrons. The number of imide groups is 1. The third-order valence-corrected chi connectivity index (χ3v) is 6.20. The van der Waals surface area contributed by atoms with Crippen molar-refractivity contribution in [3.8, 4) is 0 Å². The predicted octanol–water partition coefficient (Wildman–Crippen LogP) is 3.03. The van der Waals surface area contributed by atoms with Crippen LogP contribution in [0, 0.1) is 5.92 Å². The van der Waals surface area contributed by atoms with Crippen molar-refractivity contribution in [1.82, 2.24) is 25.4 Å². The van der Waals surface area contributed by atoms with Crippen LogP contribution in [0.1, 0.15) is 49.9 Å². The first-order valence-electron chi connectivity index (χ1n) is 10.6. The lowest BCUT2D eigenvalue weighted by molar-refractivity contribution is -0.130. The van der Waals surface area contributed by atoms with Crippen LogP contribution < -0.4 is 10.6 Å². The van der Waals surface area contributed by atoms with Crippen molar-refractivity contribution < 1.29 is 14.4 Å². The fourth-order valence-electron chi connectivity index (χ4n) is 4.13. The fourth-order valence-corrected chi connectivity index (χ4v) is 4.32. The van der Waals surface area contributed by atoms with Crippen LogP contribution in [-0.2, 0) is 22.6 Å². The van der Waals surface area contributed by atoms with Crippen molar-refractivity contribution in [2.75, 3.05) is 5.32 Å². The molecule has 10 heteroatoms. The van der Waals surface area contributed by atoms with E-state index in [9.17, 15) is 14.4 Å². The lowest BCUT2D eigenvalue weighted by Gasteiger charge is -2.14. The SMILES string of the molecule is O=C(C[C@@H]1NC(=O)N(Cc2ccccc2Cl)C1=O)Nc1n[nH]c(CCC2CCCC2)n1. The molecule has 1 aromatic carbocycles. The molecule has 9 nitrogen and oxygen atoms in total. The second-order valence-electron chi connectivity index (χ2n) is 8.07. The summed E-state index contributed by atoms with van der Waals surface area (Å²) in [5.74, 6) is 0.746. The summed E-state index contributed by atoms with van der Waals surface area (Å²) in [6.07, 6.45) is 6.80. The number of aromatic nitrogens is 3. The van der Waals surface area contributed by atoms with E-state index in [1.54, 1.807) is 24.3 Å². The largest absolute Gasteiger partial charge is 0.325 e. The van der Waals surface area contributed by atoms with E-state index in [-0.39, 0.29) is 18.9 Å². The summed E-state index contributed by atoms with van der Waals surface area (Å²) in [7, 11) is 0. The number of H-pyrrole nitrogens is 1. The van der Waals surface area contributed by atoms with Crippen LogP contribution in [0.4, 0.5) is 10.7 Å². The molecule has 4 amide bonds. The molecule has 2 fully saturated rings. The van der Waals surface area contributed by atoms with Crippen LogP contribution in [0.3, 0.4) is 0 Å². The first-order valence-corrected chi connectivity index (χ1v) is 10.9. The highest BCUT2D eigenvalue weighted by atomic mass is 35.5. The Balaban J connectivity index is 1.28. The summed E-state index contributed by atoms with van der Waals surface area (Å²) in [5, 5.41) is 12.5. The summed E-state index contributed by atoms with van der Waals surface area (Å²) in [4.78, 5) is 42.6. The van der Waals surface area contributed by atoms with Crippen LogP contribution in [0.2, 0.25) is 5.02 Å². The standard InChI is InChI=1S/C21H25ClN6O3/c22-15-8-4-3-7-14(15)12-28-19(30)16(23-21(28)31)11-18(29)25-20-24-17(26-27-20)10-9-13-5-1-2-6-13/h3-4,7-8,13,16H,1-2,5-6,9-12H2,(H,23,31)(H2,24,25,26,27,29)/t16-/m0/s1. The average Bonchev–Trinajstić information content (AvgIpc) is 3.47. The number of aryl methyl sites for hydroxylation is 1. The Labute approximate surface area is 184 Å². The van der Waals surface area contributed by atoms with Crippen LogP contribution in [0.25, 0.3) is 0 Å². The van der Waals surface area contributed by atoms with Crippen molar-refractivity contribution in [2.45, 2.75) is 57.5 Å². The number of halogens is 1. The lowest BCUT2D eigenvalue weighted by Crippen LogP contribution is -2.34. The van der Waals surface area contributed by atoms with Gasteiger partial charge in [-0.25, -0.2) is 4.79 Å². The molecule has 0 spiro atoms. The highest BCUT2D eigenvalue weighted by Crippen LogP contribution is 2.28. The molecule has 2 aliphatic rings. The topological polar surface area (TPSA) is 120 Å². The second kappa shape index (κ2) is 9.47. The molecule has 2 heterocycles. The highest BCUT2D eigenvalue weighted by molar-refractivity contribution is 6.31. The monoisotopic (exact) mass is 444 g/mol. The van der Waals surface area contributed by atoms with Crippen LogP contribution in [-0.4, -0.2) is 44.0 Å². The summed E-state index contributed by atoms with van der Waals surface area (Å²) in [5.41, 5.74) is 0.656. The average molecular weight is 445 g/mol. The Kier molecular flexibility index (Phi) is 6.50. The van der Waals surface area contributed by atoms with Gasteiger partial charge >= 0.3 is 6.03 Å². The molecule has 4 rings (SSSR count). The number of carbonyl (C=O) groups is 3. The van der Waals surface area contributed by atoms with E-state index in [0.717, 1.165) is 29.5 Å². The summed E-state index contributed by atoms with van der Waals surface area (Å²) >= 11 is 6.12. The molecule has 3 N–H and O–H groups in total. The third-order valence-electron chi connectivity index (χ3n) is 5.83. The molecule has 2 aromatic rings. The van der Waals surface area contributed by atoms with Crippen LogP contribution in [0.15, 0.2) is 24.3 Å². The van der Waals surface area contributed by atoms with Gasteiger partial charge in [0.25, 0.3) is 5.91 Å². The number of nitrogens with zero attached hydrogens (tertiary/aromatic N) is 3. The van der Waals surface area contributed by atoms with E-state index >= 15 is 0 Å². The number of benzene rings is 1. The maximum atomic E-state index is 12.6. The number of aromatic amines is 1. The number of hydrogen-bond donors (Lipinski definition) is 3. The second-order valence-corrected chi connectivity index (χ2v) is 8.47. The van der Waals surface area contributed by atoms with Crippen molar-refractivity contribution >= 4 is 35.4 Å². The Morgan fingerprint density at radius 3 is 2.77 bits per heavy atom. The normalized spacial score (nSPS) is 19.1. The van der Waals surface area contributed by atoms with E-state index in [0.29, 0.717) is 10.6 Å². The van der Waals surface area contributed by atoms with Crippen molar-refractivity contribution in [2.24, 2.45) is 5.92 Å². The van der Waals surface area contributed by atoms with Gasteiger partial charge in [-0.05, 0) is 24.0 Å². The summed E-state index contributed by atoms with van der Waals surface area (Å²) < 4.78 is 0. The van der Waals surface area contributed by atoms with E-state index in [1.807, 2.05) is 0 Å². The molecule has 164 valence electrons. The number of anilines is 1. The van der Waals surface area contributed by atoms with Gasteiger partial charge < -0.3 is 5.32 Å². The van der Waals surface area contributed by atoms with Gasteiger partial charge in [0.1, 0.15) is 11.9 Å². The Hall–Kier alpha value is -2.94. The minimum absolute atomic E-state index is 0.0493. The number of rotatable bonds is 8. The zero-order valence-electron chi connectivity index (χ0n) is 17.1. The molecule has 1 aliphatic heterocycles. The number of urea groups is 1. The molecule has 1 aliphatic carbocycles. The molecule has 1 saturated heterocycles. The van der Waals surface area contributed by atoms with E-state index in [1.165, 1.54) is 25.7 Å². The number of amides is 4. The Morgan fingerprint density at radius 2 is 2.00 bits per heavy atom. The maximum Gasteiger partial charge on any atom is 0.325 e. The first kappa shape index (κ1) is 21.3. The van der Waals surface area contributed by atoms with Crippen LogP contribution >= 0.6 is 11.6 Å². The van der Waals surface area contributed by atoms with E-state index in [4.69, 9.17) is 11.6 Å². The molecule has 1 saturated carbocycles. The molecular weight excluding hydrogens is 420 g/mol. The smallest absolute Gasteiger partial charge is 0.325 e. The predicted molar refractivity (Wildman–Crippen MR) is 114 cm³/mol. The quantitative estimate of drug-likeness (QED) is 0.540. The molecule has 1 aromatic heterocycles. The van der Waals surface area contributed by atoms with Crippen LogP contribution in [0.5, 0.6) is 0 Å². The number of carbonyl (C=O) groups excluding carboxylic acids is 3. The Bertz CT molecular complexity index is 972. The summed E-state index contributed by atoms with van der Waals surface area (Å²) in [6.45, 7) is 0.0493. The van der Waals surface area contributed by atoms with Gasteiger partial charge in [0.2, 0.25) is 11.9 Å². The zero-order valence-corrected chi connectivity index (χ0v) is 17.8. The molecule has 1 atom stereocenters. The molecule has 0 bridgehead atoms. The first-order chi connectivity index (χ1) is 15.0. The van der Waals surface area contributed by atoms with Gasteiger partial charge in [-0.3, -0.25) is 24.9 Å².